The van der Waals surface area contributed by atoms with Gasteiger partial charge in [-0.1, -0.05) is 43.7 Å². The van der Waals surface area contributed by atoms with Crippen molar-refractivity contribution in [3.05, 3.63) is 65.0 Å². The highest BCUT2D eigenvalue weighted by atomic mass is 32.1. The molecule has 0 aliphatic carbocycles. The van der Waals surface area contributed by atoms with E-state index in [0.29, 0.717) is 23.5 Å². The maximum Gasteiger partial charge on any atom is 0.315 e. The van der Waals surface area contributed by atoms with Crippen molar-refractivity contribution < 1.29 is 19.6 Å². The average Bonchev–Trinajstić information content (AvgIpc) is 3.22. The first-order valence-corrected chi connectivity index (χ1v) is 11.2. The van der Waals surface area contributed by atoms with Crippen molar-refractivity contribution in [1.29, 1.82) is 0 Å². The zero-order valence-electron chi connectivity index (χ0n) is 17.7. The van der Waals surface area contributed by atoms with E-state index in [2.05, 4.69) is 16.0 Å². The summed E-state index contributed by atoms with van der Waals surface area (Å²) in [5, 5.41) is 18.0. The van der Waals surface area contributed by atoms with Gasteiger partial charge in [0.15, 0.2) is 0 Å². The fourth-order valence-corrected chi connectivity index (χ4v) is 4.10. The summed E-state index contributed by atoms with van der Waals surface area (Å²) in [7, 11) is 0. The number of carbonyl (C=O) groups excluding carboxylic acids is 3. The van der Waals surface area contributed by atoms with E-state index in [9.17, 15) is 14.4 Å². The molecule has 3 rings (SSSR count). The summed E-state index contributed by atoms with van der Waals surface area (Å²) in [6, 6.07) is 15.2. The van der Waals surface area contributed by atoms with E-state index in [1.807, 2.05) is 37.3 Å². The molecule has 5 N–H and O–H groups in total. The first-order chi connectivity index (χ1) is 15.5. The minimum absolute atomic E-state index is 0.343. The zero-order chi connectivity index (χ0) is 22.9. The Hall–Kier alpha value is -3.43. The molecule has 168 valence electrons. The van der Waals surface area contributed by atoms with Crippen molar-refractivity contribution in [2.75, 3.05) is 11.9 Å². The number of unbranched alkanes of at least 4 members (excludes halogenated alkanes) is 1. The number of nitrogens with one attached hydrogen (secondary N) is 4. The van der Waals surface area contributed by atoms with Crippen LogP contribution in [0.25, 0.3) is 10.1 Å². The van der Waals surface area contributed by atoms with Crippen LogP contribution in [0.5, 0.6) is 0 Å². The number of amides is 4. The monoisotopic (exact) mass is 454 g/mol. The third kappa shape index (κ3) is 6.29. The van der Waals surface area contributed by atoms with Crippen molar-refractivity contribution >= 4 is 45.0 Å². The summed E-state index contributed by atoms with van der Waals surface area (Å²) in [6.07, 6.45) is 2.16. The van der Waals surface area contributed by atoms with Crippen LogP contribution in [0.3, 0.4) is 0 Å². The molecule has 1 unspecified atom stereocenters. The van der Waals surface area contributed by atoms with Crippen LogP contribution in [-0.4, -0.2) is 35.6 Å². The van der Waals surface area contributed by atoms with Gasteiger partial charge in [-0.25, -0.2) is 10.3 Å². The van der Waals surface area contributed by atoms with Crippen LogP contribution in [-0.2, 0) is 11.2 Å². The fourth-order valence-electron chi connectivity index (χ4n) is 3.16. The van der Waals surface area contributed by atoms with Crippen molar-refractivity contribution in [1.82, 2.24) is 16.1 Å². The van der Waals surface area contributed by atoms with E-state index >= 15 is 0 Å². The molecular formula is C23H26N4O4S. The van der Waals surface area contributed by atoms with Crippen molar-refractivity contribution in [3.63, 3.8) is 0 Å². The van der Waals surface area contributed by atoms with E-state index in [4.69, 9.17) is 5.21 Å². The summed E-state index contributed by atoms with van der Waals surface area (Å²) in [6.45, 7) is 2.58. The Morgan fingerprint density at radius 1 is 1.06 bits per heavy atom. The molecule has 0 aliphatic heterocycles. The van der Waals surface area contributed by atoms with Crippen LogP contribution in [0, 0.1) is 0 Å². The normalized spacial score (nSPS) is 11.6. The quantitative estimate of drug-likeness (QED) is 0.192. The highest BCUT2D eigenvalue weighted by Crippen LogP contribution is 2.28. The number of hydrogen-bond donors (Lipinski definition) is 5. The summed E-state index contributed by atoms with van der Waals surface area (Å²) in [5.74, 6) is -0.930. The second kappa shape index (κ2) is 11.3. The van der Waals surface area contributed by atoms with Gasteiger partial charge >= 0.3 is 6.03 Å². The second-order valence-electron chi connectivity index (χ2n) is 7.29. The summed E-state index contributed by atoms with van der Waals surface area (Å²) in [5.41, 5.74) is 3.09. The summed E-state index contributed by atoms with van der Waals surface area (Å²) < 4.78 is 0.843. The molecule has 1 atom stereocenters. The minimum Gasteiger partial charge on any atom is -0.338 e. The van der Waals surface area contributed by atoms with Gasteiger partial charge in [-0.3, -0.25) is 14.8 Å². The molecule has 2 aromatic carbocycles. The number of carbonyl (C=O) groups is 3. The third-order valence-corrected chi connectivity index (χ3v) is 5.94. The van der Waals surface area contributed by atoms with Gasteiger partial charge in [0.25, 0.3) is 5.91 Å². The first kappa shape index (κ1) is 23.2. The number of rotatable bonds is 9. The molecular weight excluding hydrogens is 428 g/mol. The van der Waals surface area contributed by atoms with Crippen LogP contribution in [0.1, 0.15) is 35.0 Å². The number of fused-ring (bicyclic) bond motifs is 1. The molecule has 0 aliphatic rings. The SMILES string of the molecule is CCCCNC(=O)NC(Cc1ccccc1)C(=O)Nc1ccc2sc(C(=O)NO)cc2c1. The van der Waals surface area contributed by atoms with Gasteiger partial charge in [-0.05, 0) is 41.6 Å². The van der Waals surface area contributed by atoms with Gasteiger partial charge < -0.3 is 16.0 Å². The predicted octanol–water partition coefficient (Wildman–Crippen LogP) is 3.67. The molecule has 0 bridgehead atoms. The van der Waals surface area contributed by atoms with Gasteiger partial charge in [0.2, 0.25) is 5.91 Å². The Labute approximate surface area is 190 Å². The molecule has 0 fully saturated rings. The van der Waals surface area contributed by atoms with E-state index in [-0.39, 0.29) is 11.9 Å². The summed E-state index contributed by atoms with van der Waals surface area (Å²) in [4.78, 5) is 37.3. The highest BCUT2D eigenvalue weighted by molar-refractivity contribution is 7.20. The Bertz CT molecular complexity index is 1080. The number of urea groups is 1. The number of thiophene rings is 1. The number of hydroxylamine groups is 1. The third-order valence-electron chi connectivity index (χ3n) is 4.83. The standard InChI is InChI=1S/C23H26N4O4S/c1-2-3-11-24-23(30)26-18(12-15-7-5-4-6-8-15)21(28)25-17-9-10-19-16(13-17)14-20(32-19)22(29)27-31/h4-10,13-14,18,31H,2-3,11-12H2,1H3,(H,25,28)(H,27,29)(H2,24,26,30). The lowest BCUT2D eigenvalue weighted by atomic mass is 10.1. The molecule has 0 saturated heterocycles. The molecule has 32 heavy (non-hydrogen) atoms. The van der Waals surface area contributed by atoms with Gasteiger partial charge in [-0.2, -0.15) is 0 Å². The molecule has 1 heterocycles. The Kier molecular flexibility index (Phi) is 8.18. The second-order valence-corrected chi connectivity index (χ2v) is 8.37. The first-order valence-electron chi connectivity index (χ1n) is 10.4. The van der Waals surface area contributed by atoms with Crippen LogP contribution >= 0.6 is 11.3 Å². The zero-order valence-corrected chi connectivity index (χ0v) is 18.5. The number of anilines is 1. The van der Waals surface area contributed by atoms with Crippen LogP contribution in [0.4, 0.5) is 10.5 Å². The lowest BCUT2D eigenvalue weighted by Crippen LogP contribution is -2.49. The molecule has 3 aromatic rings. The predicted molar refractivity (Wildman–Crippen MR) is 125 cm³/mol. The lowest BCUT2D eigenvalue weighted by molar-refractivity contribution is -0.117. The maximum absolute atomic E-state index is 13.0. The van der Waals surface area contributed by atoms with Gasteiger partial charge in [-0.15, -0.1) is 11.3 Å². The van der Waals surface area contributed by atoms with E-state index in [0.717, 1.165) is 28.5 Å². The van der Waals surface area contributed by atoms with Crippen molar-refractivity contribution in [2.24, 2.45) is 0 Å². The molecule has 0 radical (unpaired) electrons. The minimum atomic E-state index is -0.770. The van der Waals surface area contributed by atoms with Crippen molar-refractivity contribution in [3.8, 4) is 0 Å². The van der Waals surface area contributed by atoms with Crippen LogP contribution in [0.2, 0.25) is 0 Å². The van der Waals surface area contributed by atoms with E-state index in [1.165, 1.54) is 11.3 Å². The van der Waals surface area contributed by atoms with Gasteiger partial charge in [0.1, 0.15) is 6.04 Å². The highest BCUT2D eigenvalue weighted by Gasteiger charge is 2.22. The molecule has 4 amide bonds. The van der Waals surface area contributed by atoms with Crippen molar-refractivity contribution in [2.45, 2.75) is 32.2 Å². The smallest absolute Gasteiger partial charge is 0.315 e. The molecule has 8 nitrogen and oxygen atoms in total. The lowest BCUT2D eigenvalue weighted by Gasteiger charge is -2.19. The fraction of sp³-hybridized carbons (Fsp3) is 0.261. The van der Waals surface area contributed by atoms with Crippen LogP contribution < -0.4 is 21.4 Å². The average molecular weight is 455 g/mol. The number of hydrogen-bond acceptors (Lipinski definition) is 5. The molecule has 9 heteroatoms. The Balaban J connectivity index is 1.74. The molecule has 0 saturated carbocycles. The van der Waals surface area contributed by atoms with E-state index in [1.54, 1.807) is 29.7 Å². The molecule has 0 spiro atoms. The Morgan fingerprint density at radius 2 is 1.84 bits per heavy atom. The maximum atomic E-state index is 13.0. The topological polar surface area (TPSA) is 120 Å². The van der Waals surface area contributed by atoms with E-state index < -0.39 is 11.9 Å². The number of benzene rings is 2. The largest absolute Gasteiger partial charge is 0.338 e. The Morgan fingerprint density at radius 3 is 2.56 bits per heavy atom. The van der Waals surface area contributed by atoms with Crippen LogP contribution in [0.15, 0.2) is 54.6 Å². The van der Waals surface area contributed by atoms with Gasteiger partial charge in [0.05, 0.1) is 4.88 Å². The molecule has 1 aromatic heterocycles. The summed E-state index contributed by atoms with van der Waals surface area (Å²) >= 11 is 1.23. The van der Waals surface area contributed by atoms with Gasteiger partial charge in [0, 0.05) is 23.4 Å².